The van der Waals surface area contributed by atoms with Gasteiger partial charge in [0.05, 0.1) is 10.6 Å². The number of halogens is 1. The Hall–Kier alpha value is -1.21. The van der Waals surface area contributed by atoms with Crippen LogP contribution < -0.4 is 0 Å². The quantitative estimate of drug-likeness (QED) is 0.394. The van der Waals surface area contributed by atoms with Crippen molar-refractivity contribution >= 4 is 50.8 Å². The number of thioether (sulfide) groups is 2. The van der Waals surface area contributed by atoms with Gasteiger partial charge >= 0.3 is 0 Å². The van der Waals surface area contributed by atoms with E-state index in [1.165, 1.54) is 45.6 Å². The first kappa shape index (κ1) is 23.5. The number of hydrogen-bond acceptors (Lipinski definition) is 8. The molecule has 2 heterocycles. The van der Waals surface area contributed by atoms with Gasteiger partial charge in [-0.1, -0.05) is 54.3 Å². The Morgan fingerprint density at radius 3 is 2.53 bits per heavy atom. The highest BCUT2D eigenvalue weighted by Gasteiger charge is 2.30. The Morgan fingerprint density at radius 1 is 1.17 bits per heavy atom. The van der Waals surface area contributed by atoms with E-state index in [-0.39, 0.29) is 29.6 Å². The van der Waals surface area contributed by atoms with Gasteiger partial charge in [-0.25, -0.2) is 12.8 Å². The Kier molecular flexibility index (Phi) is 8.52. The lowest BCUT2D eigenvalue weighted by molar-refractivity contribution is -0.129. The molecule has 30 heavy (non-hydrogen) atoms. The van der Waals surface area contributed by atoms with Crippen molar-refractivity contribution in [3.63, 3.8) is 0 Å². The molecule has 1 aliphatic heterocycles. The summed E-state index contributed by atoms with van der Waals surface area (Å²) in [5, 5.41) is 8.25. The van der Waals surface area contributed by atoms with E-state index in [0.29, 0.717) is 13.1 Å². The van der Waals surface area contributed by atoms with Crippen molar-refractivity contribution in [1.82, 2.24) is 19.4 Å². The van der Waals surface area contributed by atoms with E-state index >= 15 is 0 Å². The van der Waals surface area contributed by atoms with Crippen LogP contribution in [0.1, 0.15) is 19.8 Å². The van der Waals surface area contributed by atoms with E-state index in [1.807, 2.05) is 0 Å². The van der Waals surface area contributed by atoms with Crippen LogP contribution in [-0.2, 0) is 14.8 Å². The van der Waals surface area contributed by atoms with Gasteiger partial charge in [0.2, 0.25) is 15.9 Å². The number of carbonyl (C=O) groups is 1. The first-order chi connectivity index (χ1) is 14.4. The highest BCUT2D eigenvalue weighted by atomic mass is 32.2. The van der Waals surface area contributed by atoms with Crippen LogP contribution in [0.5, 0.6) is 0 Å². The molecule has 164 valence electrons. The standard InChI is InChI=1S/C18H23FN4O3S4/c1-2-3-11-27-17-20-21-18(29-17)28-13-16(24)22-7-9-23(10-8-22)30(25,26)15-6-4-5-14(19)12-15/h4-6,12H,2-3,7-11,13H2,1H3. The summed E-state index contributed by atoms with van der Waals surface area (Å²) in [6.07, 6.45) is 2.27. The van der Waals surface area contributed by atoms with Crippen molar-refractivity contribution in [2.24, 2.45) is 0 Å². The van der Waals surface area contributed by atoms with Crippen molar-refractivity contribution in [1.29, 1.82) is 0 Å². The minimum atomic E-state index is -3.76. The molecule has 0 bridgehead atoms. The molecule has 1 saturated heterocycles. The van der Waals surface area contributed by atoms with Crippen molar-refractivity contribution in [3.8, 4) is 0 Å². The van der Waals surface area contributed by atoms with Gasteiger partial charge in [-0.2, -0.15) is 4.31 Å². The Labute approximate surface area is 188 Å². The minimum Gasteiger partial charge on any atom is -0.339 e. The van der Waals surface area contributed by atoms with E-state index < -0.39 is 15.8 Å². The summed E-state index contributed by atoms with van der Waals surface area (Å²) in [5.41, 5.74) is 0. The average Bonchev–Trinajstić information content (AvgIpc) is 3.20. The van der Waals surface area contributed by atoms with Crippen LogP contribution in [0.4, 0.5) is 4.39 Å². The number of aromatic nitrogens is 2. The summed E-state index contributed by atoms with van der Waals surface area (Å²) in [4.78, 5) is 14.1. The van der Waals surface area contributed by atoms with Crippen LogP contribution in [0.25, 0.3) is 0 Å². The molecule has 0 radical (unpaired) electrons. The van der Waals surface area contributed by atoms with E-state index in [0.717, 1.165) is 33.3 Å². The van der Waals surface area contributed by atoms with Crippen LogP contribution >= 0.6 is 34.9 Å². The zero-order valence-electron chi connectivity index (χ0n) is 16.5. The van der Waals surface area contributed by atoms with Crippen molar-refractivity contribution in [2.75, 3.05) is 37.7 Å². The molecular formula is C18H23FN4O3S4. The lowest BCUT2D eigenvalue weighted by Crippen LogP contribution is -2.50. The molecule has 7 nitrogen and oxygen atoms in total. The number of amides is 1. The smallest absolute Gasteiger partial charge is 0.243 e. The molecule has 1 aliphatic rings. The first-order valence-electron chi connectivity index (χ1n) is 9.52. The molecule has 0 aliphatic carbocycles. The predicted octanol–water partition coefficient (Wildman–Crippen LogP) is 3.19. The Morgan fingerprint density at radius 2 is 1.87 bits per heavy atom. The van der Waals surface area contributed by atoms with Crippen molar-refractivity contribution in [3.05, 3.63) is 30.1 Å². The number of sulfonamides is 1. The van der Waals surface area contributed by atoms with Gasteiger partial charge in [0.15, 0.2) is 8.68 Å². The lowest BCUT2D eigenvalue weighted by atomic mass is 10.3. The van der Waals surface area contributed by atoms with Gasteiger partial charge in [0.1, 0.15) is 5.82 Å². The molecule has 0 saturated carbocycles. The van der Waals surface area contributed by atoms with Gasteiger partial charge in [0, 0.05) is 31.9 Å². The maximum absolute atomic E-state index is 13.4. The van der Waals surface area contributed by atoms with Gasteiger partial charge in [-0.05, 0) is 24.6 Å². The number of hydrogen-bond donors (Lipinski definition) is 0. The number of carbonyl (C=O) groups excluding carboxylic acids is 1. The third-order valence-corrected chi connectivity index (χ3v) is 9.61. The molecule has 12 heteroatoms. The van der Waals surface area contributed by atoms with Crippen LogP contribution in [0.3, 0.4) is 0 Å². The minimum absolute atomic E-state index is 0.0572. The fourth-order valence-electron chi connectivity index (χ4n) is 2.79. The van der Waals surface area contributed by atoms with Crippen LogP contribution in [-0.4, -0.2) is 71.4 Å². The molecule has 0 atom stereocenters. The Bertz CT molecular complexity index is 962. The molecule has 0 spiro atoms. The summed E-state index contributed by atoms with van der Waals surface area (Å²) in [5.74, 6) is 0.603. The maximum Gasteiger partial charge on any atom is 0.243 e. The van der Waals surface area contributed by atoms with Gasteiger partial charge in [0.25, 0.3) is 0 Å². The largest absolute Gasteiger partial charge is 0.339 e. The Balaban J connectivity index is 1.47. The highest BCUT2D eigenvalue weighted by molar-refractivity contribution is 8.03. The van der Waals surface area contributed by atoms with Gasteiger partial charge in [-0.3, -0.25) is 4.79 Å². The van der Waals surface area contributed by atoms with E-state index in [4.69, 9.17) is 0 Å². The number of rotatable bonds is 9. The topological polar surface area (TPSA) is 83.5 Å². The normalized spacial score (nSPS) is 15.5. The average molecular weight is 491 g/mol. The lowest BCUT2D eigenvalue weighted by Gasteiger charge is -2.34. The molecule has 1 aromatic heterocycles. The van der Waals surface area contributed by atoms with Gasteiger partial charge in [-0.15, -0.1) is 10.2 Å². The zero-order valence-corrected chi connectivity index (χ0v) is 19.8. The highest BCUT2D eigenvalue weighted by Crippen LogP contribution is 2.29. The number of nitrogens with zero attached hydrogens (tertiary/aromatic N) is 4. The molecule has 0 N–H and O–H groups in total. The molecule has 1 fully saturated rings. The molecule has 1 aromatic carbocycles. The number of benzene rings is 1. The summed E-state index contributed by atoms with van der Waals surface area (Å²) in [6, 6.07) is 4.97. The summed E-state index contributed by atoms with van der Waals surface area (Å²) >= 11 is 4.52. The van der Waals surface area contributed by atoms with Crippen molar-refractivity contribution in [2.45, 2.75) is 33.3 Å². The fraction of sp³-hybridized carbons (Fsp3) is 0.500. The summed E-state index contributed by atoms with van der Waals surface area (Å²) < 4.78 is 41.7. The molecule has 0 unspecified atom stereocenters. The second kappa shape index (κ2) is 10.9. The third-order valence-electron chi connectivity index (χ3n) is 4.46. The number of unbranched alkanes of at least 4 members (excludes halogenated alkanes) is 1. The zero-order chi connectivity index (χ0) is 21.6. The maximum atomic E-state index is 13.4. The van der Waals surface area contributed by atoms with Crippen LogP contribution in [0.2, 0.25) is 0 Å². The molecule has 3 rings (SSSR count). The predicted molar refractivity (Wildman–Crippen MR) is 118 cm³/mol. The number of piperazine rings is 1. The second-order valence-corrected chi connectivity index (χ2v) is 12.0. The summed E-state index contributed by atoms with van der Waals surface area (Å²) in [7, 11) is -3.76. The van der Waals surface area contributed by atoms with E-state index in [9.17, 15) is 17.6 Å². The van der Waals surface area contributed by atoms with Crippen LogP contribution in [0.15, 0.2) is 37.8 Å². The second-order valence-electron chi connectivity index (χ2n) is 6.57. The SMILES string of the molecule is CCCCSc1nnc(SCC(=O)N2CCN(S(=O)(=O)c3cccc(F)c3)CC2)s1. The fourth-order valence-corrected chi connectivity index (χ4v) is 7.32. The van der Waals surface area contributed by atoms with Gasteiger partial charge < -0.3 is 4.90 Å². The van der Waals surface area contributed by atoms with Crippen molar-refractivity contribution < 1.29 is 17.6 Å². The third kappa shape index (κ3) is 6.16. The monoisotopic (exact) mass is 490 g/mol. The van der Waals surface area contributed by atoms with E-state index in [1.54, 1.807) is 16.7 Å². The summed E-state index contributed by atoms with van der Waals surface area (Å²) in [6.45, 7) is 3.13. The van der Waals surface area contributed by atoms with Crippen LogP contribution in [0, 0.1) is 5.82 Å². The first-order valence-corrected chi connectivity index (χ1v) is 13.8. The van der Waals surface area contributed by atoms with E-state index in [2.05, 4.69) is 17.1 Å². The molecular weight excluding hydrogens is 467 g/mol. The molecule has 2 aromatic rings. The molecule has 1 amide bonds.